The molecule has 1 aromatic carbocycles. The van der Waals surface area contributed by atoms with Gasteiger partial charge in [-0.1, -0.05) is 54.4 Å². The fraction of sp³-hybridized carbons (Fsp3) is 0.200. The lowest BCUT2D eigenvalue weighted by atomic mass is 10.0. The van der Waals surface area contributed by atoms with E-state index >= 15 is 0 Å². The Bertz CT molecular complexity index is 739. The Balaban J connectivity index is 2.03. The molecular weight excluding hydrogens is 318 g/mol. The number of carbonyl (C=O) groups is 1. The molecular formula is C20H21NO2S. The van der Waals surface area contributed by atoms with Gasteiger partial charge in [-0.3, -0.25) is 4.79 Å². The highest BCUT2D eigenvalue weighted by Crippen LogP contribution is 2.33. The van der Waals surface area contributed by atoms with Gasteiger partial charge in [0, 0.05) is 4.90 Å². The van der Waals surface area contributed by atoms with Crippen LogP contribution in [0.3, 0.4) is 0 Å². The number of hydrogen-bond donors (Lipinski definition) is 0. The SMILES string of the molecule is C=C(C)O/N=C(\C)C(=C)c1ccc(SC2=CC=C(C=O)CC2)cc1. The number of nitrogens with zero attached hydrogens (tertiary/aromatic N) is 1. The average molecular weight is 339 g/mol. The van der Waals surface area contributed by atoms with Crippen molar-refractivity contribution in [3.05, 3.63) is 71.4 Å². The quantitative estimate of drug-likeness (QED) is 0.284. The maximum absolute atomic E-state index is 10.7. The number of aldehydes is 1. The molecule has 0 aliphatic heterocycles. The molecule has 1 aliphatic rings. The van der Waals surface area contributed by atoms with Gasteiger partial charge in [-0.15, -0.1) is 0 Å². The second kappa shape index (κ2) is 8.50. The molecule has 0 N–H and O–H groups in total. The monoisotopic (exact) mass is 339 g/mol. The minimum atomic E-state index is 0.543. The van der Waals surface area contributed by atoms with Gasteiger partial charge in [-0.25, -0.2) is 0 Å². The number of carbonyl (C=O) groups excluding carboxylic acids is 1. The zero-order valence-corrected chi connectivity index (χ0v) is 14.9. The summed E-state index contributed by atoms with van der Waals surface area (Å²) >= 11 is 1.72. The van der Waals surface area contributed by atoms with E-state index in [2.05, 4.69) is 30.4 Å². The maximum atomic E-state index is 10.7. The van der Waals surface area contributed by atoms with E-state index in [1.54, 1.807) is 18.7 Å². The molecule has 4 heteroatoms. The van der Waals surface area contributed by atoms with E-state index < -0.39 is 0 Å². The molecule has 0 atom stereocenters. The highest BCUT2D eigenvalue weighted by molar-refractivity contribution is 8.03. The number of hydrogen-bond acceptors (Lipinski definition) is 4. The first-order chi connectivity index (χ1) is 11.5. The van der Waals surface area contributed by atoms with Crippen LogP contribution in [0.4, 0.5) is 0 Å². The topological polar surface area (TPSA) is 38.7 Å². The van der Waals surface area contributed by atoms with E-state index in [0.717, 1.165) is 46.4 Å². The van der Waals surface area contributed by atoms with E-state index in [1.165, 1.54) is 4.91 Å². The van der Waals surface area contributed by atoms with Gasteiger partial charge in [0.1, 0.15) is 12.0 Å². The average Bonchev–Trinajstić information content (AvgIpc) is 2.60. The van der Waals surface area contributed by atoms with Crippen LogP contribution in [0.5, 0.6) is 0 Å². The lowest BCUT2D eigenvalue weighted by Gasteiger charge is -2.11. The van der Waals surface area contributed by atoms with Gasteiger partial charge >= 0.3 is 0 Å². The molecule has 0 radical (unpaired) electrons. The number of rotatable bonds is 7. The molecule has 0 unspecified atom stereocenters. The van der Waals surface area contributed by atoms with Crippen molar-refractivity contribution in [2.45, 2.75) is 31.6 Å². The third-order valence-electron chi connectivity index (χ3n) is 3.52. The summed E-state index contributed by atoms with van der Waals surface area (Å²) in [7, 11) is 0. The lowest BCUT2D eigenvalue weighted by Crippen LogP contribution is -1.97. The molecule has 0 bridgehead atoms. The standard InChI is InChI=1S/C20H21NO2S/c1-14(2)23-21-16(4)15(3)18-7-11-20(12-8-18)24-19-9-5-17(13-22)6-10-19/h5,7-9,11-13H,1,3,6,10H2,2,4H3/b21-16+. The predicted octanol–water partition coefficient (Wildman–Crippen LogP) is 5.52. The van der Waals surface area contributed by atoms with Crippen LogP contribution in [0.2, 0.25) is 0 Å². The molecule has 0 saturated carbocycles. The molecule has 0 saturated heterocycles. The van der Waals surface area contributed by atoms with Crippen molar-refractivity contribution in [3.63, 3.8) is 0 Å². The van der Waals surface area contributed by atoms with Gasteiger partial charge in [0.25, 0.3) is 0 Å². The molecule has 1 aliphatic carbocycles. The van der Waals surface area contributed by atoms with Gasteiger partial charge in [0.2, 0.25) is 0 Å². The summed E-state index contributed by atoms with van der Waals surface area (Å²) in [4.78, 5) is 18.2. The molecule has 1 aromatic rings. The first-order valence-electron chi connectivity index (χ1n) is 7.69. The van der Waals surface area contributed by atoms with Crippen LogP contribution in [0.1, 0.15) is 32.3 Å². The zero-order valence-electron chi connectivity index (χ0n) is 14.0. The second-order valence-corrected chi connectivity index (χ2v) is 6.77. The smallest absolute Gasteiger partial charge is 0.146 e. The van der Waals surface area contributed by atoms with Crippen LogP contribution < -0.4 is 0 Å². The number of oxime groups is 1. The second-order valence-electron chi connectivity index (χ2n) is 5.57. The predicted molar refractivity (Wildman–Crippen MR) is 102 cm³/mol. The summed E-state index contributed by atoms with van der Waals surface area (Å²) in [5.74, 6) is 0.543. The maximum Gasteiger partial charge on any atom is 0.146 e. The Hall–Kier alpha value is -2.33. The number of thioether (sulfide) groups is 1. The molecule has 0 aromatic heterocycles. The first kappa shape index (κ1) is 18.0. The Morgan fingerprint density at radius 2 is 1.88 bits per heavy atom. The summed E-state index contributed by atoms with van der Waals surface area (Å²) in [5.41, 5.74) is 3.41. The van der Waals surface area contributed by atoms with Crippen molar-refractivity contribution < 1.29 is 9.63 Å². The van der Waals surface area contributed by atoms with Gasteiger partial charge in [0.15, 0.2) is 0 Å². The van der Waals surface area contributed by atoms with Crippen molar-refractivity contribution in [2.24, 2.45) is 5.16 Å². The zero-order chi connectivity index (χ0) is 17.5. The third kappa shape index (κ3) is 5.10. The summed E-state index contributed by atoms with van der Waals surface area (Å²) in [6.07, 6.45) is 6.58. The van der Waals surface area contributed by atoms with Crippen LogP contribution in [0.15, 0.2) is 75.9 Å². The summed E-state index contributed by atoms with van der Waals surface area (Å²) in [6, 6.07) is 8.19. The van der Waals surface area contributed by atoms with E-state index in [-0.39, 0.29) is 0 Å². The van der Waals surface area contributed by atoms with Crippen LogP contribution in [0.25, 0.3) is 5.57 Å². The van der Waals surface area contributed by atoms with Crippen molar-refractivity contribution in [3.8, 4) is 0 Å². The highest BCUT2D eigenvalue weighted by atomic mass is 32.2. The van der Waals surface area contributed by atoms with Gasteiger partial charge in [0.05, 0.1) is 5.71 Å². The summed E-state index contributed by atoms with van der Waals surface area (Å²) in [5, 5.41) is 4.00. The van der Waals surface area contributed by atoms with E-state index in [1.807, 2.05) is 31.2 Å². The Morgan fingerprint density at radius 3 is 2.42 bits per heavy atom. The lowest BCUT2D eigenvalue weighted by molar-refractivity contribution is -0.105. The Labute approximate surface area is 147 Å². The summed E-state index contributed by atoms with van der Waals surface area (Å²) < 4.78 is 0. The van der Waals surface area contributed by atoms with Crippen molar-refractivity contribution >= 4 is 29.3 Å². The Morgan fingerprint density at radius 1 is 1.17 bits per heavy atom. The minimum Gasteiger partial charge on any atom is -0.362 e. The van der Waals surface area contributed by atoms with Crippen LogP contribution in [-0.2, 0) is 9.63 Å². The first-order valence-corrected chi connectivity index (χ1v) is 8.51. The van der Waals surface area contributed by atoms with Crippen LogP contribution in [-0.4, -0.2) is 12.0 Å². The van der Waals surface area contributed by atoms with Crippen molar-refractivity contribution in [1.82, 2.24) is 0 Å². The van der Waals surface area contributed by atoms with E-state index in [9.17, 15) is 4.79 Å². The molecule has 0 amide bonds. The van der Waals surface area contributed by atoms with Crippen molar-refractivity contribution in [1.29, 1.82) is 0 Å². The fourth-order valence-corrected chi connectivity index (χ4v) is 3.02. The molecule has 3 nitrogen and oxygen atoms in total. The molecule has 24 heavy (non-hydrogen) atoms. The Kier molecular flexibility index (Phi) is 6.38. The molecule has 2 rings (SSSR count). The normalized spacial score (nSPS) is 14.5. The van der Waals surface area contributed by atoms with E-state index in [0.29, 0.717) is 5.76 Å². The minimum absolute atomic E-state index is 0.543. The van der Waals surface area contributed by atoms with Gasteiger partial charge in [-0.2, -0.15) is 0 Å². The number of allylic oxidation sites excluding steroid dienone is 6. The van der Waals surface area contributed by atoms with Crippen molar-refractivity contribution in [2.75, 3.05) is 0 Å². The molecule has 0 spiro atoms. The summed E-state index contributed by atoms with van der Waals surface area (Å²) in [6.45, 7) is 11.3. The number of benzene rings is 1. The third-order valence-corrected chi connectivity index (χ3v) is 4.63. The van der Waals surface area contributed by atoms with Gasteiger partial charge < -0.3 is 4.84 Å². The molecule has 0 heterocycles. The molecule has 0 fully saturated rings. The van der Waals surface area contributed by atoms with Crippen LogP contribution >= 0.6 is 11.8 Å². The highest BCUT2D eigenvalue weighted by Gasteiger charge is 2.08. The van der Waals surface area contributed by atoms with Gasteiger partial charge in [-0.05, 0) is 60.4 Å². The molecule has 124 valence electrons. The largest absolute Gasteiger partial charge is 0.362 e. The van der Waals surface area contributed by atoms with E-state index in [4.69, 9.17) is 4.84 Å². The fourth-order valence-electron chi connectivity index (χ4n) is 2.10. The van der Waals surface area contributed by atoms with Crippen LogP contribution in [0, 0.1) is 0 Å².